The highest BCUT2D eigenvalue weighted by molar-refractivity contribution is 6.02. The number of carbonyl (C=O) groups excluding carboxylic acids is 1. The first kappa shape index (κ1) is 17.7. The smallest absolute Gasteiger partial charge is 0.344 e. The van der Waals surface area contributed by atoms with E-state index in [-0.39, 0.29) is 6.61 Å². The Morgan fingerprint density at radius 2 is 1.82 bits per heavy atom. The van der Waals surface area contributed by atoms with Gasteiger partial charge in [0.25, 0.3) is 0 Å². The molecular formula is C22H19N3O3. The standard InChI is InChI=1S/C22H19N3O3/c1-3-28-22(26)19-20(24-25-13-5-12-23-21(19)25)16-10-8-15(9-11-16)17-6-4-7-18(14-17)27-2/h4-14H,3H2,1-2H3. The second-order valence-electron chi connectivity index (χ2n) is 6.14. The lowest BCUT2D eigenvalue weighted by molar-refractivity contribution is 0.0529. The highest BCUT2D eigenvalue weighted by Crippen LogP contribution is 2.29. The number of hydrogen-bond acceptors (Lipinski definition) is 5. The van der Waals surface area contributed by atoms with Crippen molar-refractivity contribution in [2.24, 2.45) is 0 Å². The van der Waals surface area contributed by atoms with Gasteiger partial charge in [0.2, 0.25) is 0 Å². The van der Waals surface area contributed by atoms with Gasteiger partial charge in [0.15, 0.2) is 5.65 Å². The third-order valence-electron chi connectivity index (χ3n) is 4.44. The average Bonchev–Trinajstić information content (AvgIpc) is 3.14. The van der Waals surface area contributed by atoms with E-state index in [4.69, 9.17) is 9.47 Å². The molecule has 2 aromatic heterocycles. The maximum Gasteiger partial charge on any atom is 0.344 e. The van der Waals surface area contributed by atoms with E-state index in [0.29, 0.717) is 16.9 Å². The van der Waals surface area contributed by atoms with Crippen molar-refractivity contribution in [1.29, 1.82) is 0 Å². The Labute approximate surface area is 162 Å². The van der Waals surface area contributed by atoms with Crippen molar-refractivity contribution < 1.29 is 14.3 Å². The SMILES string of the molecule is CCOC(=O)c1c(-c2ccc(-c3cccc(OC)c3)cc2)nn2cccnc12. The first-order valence-electron chi connectivity index (χ1n) is 8.96. The van der Waals surface area contributed by atoms with Crippen LogP contribution in [0.5, 0.6) is 5.75 Å². The van der Waals surface area contributed by atoms with Crippen LogP contribution in [-0.4, -0.2) is 34.3 Å². The molecule has 2 heterocycles. The molecule has 0 atom stereocenters. The van der Waals surface area contributed by atoms with Gasteiger partial charge in [-0.2, -0.15) is 5.10 Å². The Hall–Kier alpha value is -3.67. The predicted octanol–water partition coefficient (Wildman–Crippen LogP) is 4.25. The molecule has 0 radical (unpaired) electrons. The monoisotopic (exact) mass is 373 g/mol. The molecule has 0 spiro atoms. The molecule has 0 amide bonds. The van der Waals surface area contributed by atoms with Crippen LogP contribution >= 0.6 is 0 Å². The third-order valence-corrected chi connectivity index (χ3v) is 4.44. The first-order valence-corrected chi connectivity index (χ1v) is 8.96. The zero-order valence-corrected chi connectivity index (χ0v) is 15.6. The molecule has 6 nitrogen and oxygen atoms in total. The molecular weight excluding hydrogens is 354 g/mol. The van der Waals surface area contributed by atoms with E-state index in [1.807, 2.05) is 48.5 Å². The Morgan fingerprint density at radius 3 is 2.57 bits per heavy atom. The summed E-state index contributed by atoms with van der Waals surface area (Å²) in [4.78, 5) is 16.8. The van der Waals surface area contributed by atoms with Crippen molar-refractivity contribution >= 4 is 11.6 Å². The van der Waals surface area contributed by atoms with Crippen molar-refractivity contribution in [2.45, 2.75) is 6.92 Å². The summed E-state index contributed by atoms with van der Waals surface area (Å²) in [6, 6.07) is 17.5. The zero-order valence-electron chi connectivity index (χ0n) is 15.6. The van der Waals surface area contributed by atoms with Gasteiger partial charge in [-0.05, 0) is 36.2 Å². The molecule has 6 heteroatoms. The number of nitrogens with zero attached hydrogens (tertiary/aromatic N) is 3. The third kappa shape index (κ3) is 3.20. The number of esters is 1. The van der Waals surface area contributed by atoms with Gasteiger partial charge in [0.1, 0.15) is 17.0 Å². The fourth-order valence-electron chi connectivity index (χ4n) is 3.10. The molecule has 0 aliphatic carbocycles. The molecule has 0 aliphatic heterocycles. The van der Waals surface area contributed by atoms with Crippen molar-refractivity contribution in [2.75, 3.05) is 13.7 Å². The number of benzene rings is 2. The molecule has 0 saturated carbocycles. The molecule has 2 aromatic carbocycles. The summed E-state index contributed by atoms with van der Waals surface area (Å²) in [5.41, 5.74) is 4.31. The Kier molecular flexibility index (Phi) is 4.76. The maximum atomic E-state index is 12.5. The van der Waals surface area contributed by atoms with Crippen LogP contribution in [0.2, 0.25) is 0 Å². The molecule has 28 heavy (non-hydrogen) atoms. The Balaban J connectivity index is 1.78. The molecule has 0 bridgehead atoms. The first-order chi connectivity index (χ1) is 13.7. The van der Waals surface area contributed by atoms with Crippen LogP contribution < -0.4 is 4.74 Å². The topological polar surface area (TPSA) is 65.7 Å². The van der Waals surface area contributed by atoms with Gasteiger partial charge >= 0.3 is 5.97 Å². The van der Waals surface area contributed by atoms with Crippen LogP contribution in [0.1, 0.15) is 17.3 Å². The van der Waals surface area contributed by atoms with Gasteiger partial charge in [-0.25, -0.2) is 14.3 Å². The lowest BCUT2D eigenvalue weighted by atomic mass is 10.0. The van der Waals surface area contributed by atoms with E-state index in [9.17, 15) is 4.79 Å². The summed E-state index contributed by atoms with van der Waals surface area (Å²) in [6.07, 6.45) is 3.40. The molecule has 0 fully saturated rings. The number of methoxy groups -OCH3 is 1. The second kappa shape index (κ2) is 7.52. The molecule has 0 unspecified atom stereocenters. The van der Waals surface area contributed by atoms with Crippen molar-refractivity contribution in [3.8, 4) is 28.1 Å². The van der Waals surface area contributed by atoms with E-state index in [1.54, 1.807) is 37.0 Å². The molecule has 140 valence electrons. The Morgan fingerprint density at radius 1 is 1.04 bits per heavy atom. The van der Waals surface area contributed by atoms with Crippen LogP contribution in [0.25, 0.3) is 28.0 Å². The van der Waals surface area contributed by atoms with Gasteiger partial charge in [-0.3, -0.25) is 0 Å². The quantitative estimate of drug-likeness (QED) is 0.489. The van der Waals surface area contributed by atoms with E-state index in [1.165, 1.54) is 0 Å². The highest BCUT2D eigenvalue weighted by Gasteiger charge is 2.23. The van der Waals surface area contributed by atoms with Crippen LogP contribution in [0.15, 0.2) is 67.0 Å². The summed E-state index contributed by atoms with van der Waals surface area (Å²) in [6.45, 7) is 2.07. The lowest BCUT2D eigenvalue weighted by Crippen LogP contribution is -2.06. The van der Waals surface area contributed by atoms with Crippen LogP contribution in [0.3, 0.4) is 0 Å². The minimum atomic E-state index is -0.428. The fraction of sp³-hybridized carbons (Fsp3) is 0.136. The summed E-state index contributed by atoms with van der Waals surface area (Å²) < 4.78 is 12.1. The predicted molar refractivity (Wildman–Crippen MR) is 106 cm³/mol. The molecule has 0 saturated heterocycles. The molecule has 4 rings (SSSR count). The summed E-state index contributed by atoms with van der Waals surface area (Å²) in [5, 5.41) is 4.55. The van der Waals surface area contributed by atoms with Crippen LogP contribution in [0, 0.1) is 0 Å². The van der Waals surface area contributed by atoms with Gasteiger partial charge in [0, 0.05) is 18.0 Å². The summed E-state index contributed by atoms with van der Waals surface area (Å²) in [5.74, 6) is 0.376. The van der Waals surface area contributed by atoms with Crippen molar-refractivity contribution in [3.63, 3.8) is 0 Å². The Bertz CT molecular complexity index is 1130. The highest BCUT2D eigenvalue weighted by atomic mass is 16.5. The summed E-state index contributed by atoms with van der Waals surface area (Å²) in [7, 11) is 1.65. The number of ether oxygens (including phenoxy) is 2. The number of carbonyl (C=O) groups is 1. The van der Waals surface area contributed by atoms with E-state index in [2.05, 4.69) is 10.1 Å². The lowest BCUT2D eigenvalue weighted by Gasteiger charge is -2.06. The van der Waals surface area contributed by atoms with E-state index < -0.39 is 5.97 Å². The van der Waals surface area contributed by atoms with Gasteiger partial charge in [-0.1, -0.05) is 36.4 Å². The van der Waals surface area contributed by atoms with Gasteiger partial charge < -0.3 is 9.47 Å². The van der Waals surface area contributed by atoms with Crippen molar-refractivity contribution in [3.05, 3.63) is 72.6 Å². The largest absolute Gasteiger partial charge is 0.497 e. The van der Waals surface area contributed by atoms with Crippen LogP contribution in [-0.2, 0) is 4.74 Å². The van der Waals surface area contributed by atoms with E-state index in [0.717, 1.165) is 22.4 Å². The average molecular weight is 373 g/mol. The number of hydrogen-bond donors (Lipinski definition) is 0. The fourth-order valence-corrected chi connectivity index (χ4v) is 3.10. The molecule has 0 aliphatic rings. The van der Waals surface area contributed by atoms with Gasteiger partial charge in [-0.15, -0.1) is 0 Å². The maximum absolute atomic E-state index is 12.5. The minimum absolute atomic E-state index is 0.289. The number of aromatic nitrogens is 3. The normalized spacial score (nSPS) is 10.8. The molecule has 4 aromatic rings. The minimum Gasteiger partial charge on any atom is -0.497 e. The summed E-state index contributed by atoms with van der Waals surface area (Å²) >= 11 is 0. The number of fused-ring (bicyclic) bond motifs is 1. The number of rotatable bonds is 5. The molecule has 0 N–H and O–H groups in total. The van der Waals surface area contributed by atoms with E-state index >= 15 is 0 Å². The zero-order chi connectivity index (χ0) is 19.5. The van der Waals surface area contributed by atoms with Gasteiger partial charge in [0.05, 0.1) is 13.7 Å². The van der Waals surface area contributed by atoms with Crippen LogP contribution in [0.4, 0.5) is 0 Å². The van der Waals surface area contributed by atoms with Crippen molar-refractivity contribution in [1.82, 2.24) is 14.6 Å². The second-order valence-corrected chi connectivity index (χ2v) is 6.14.